The maximum atomic E-state index is 12.0. The summed E-state index contributed by atoms with van der Waals surface area (Å²) in [6, 6.07) is 26.6. The topological polar surface area (TPSA) is 367 Å². The number of aliphatic hydroxyl groups is 2. The first kappa shape index (κ1) is 137. The number of nitrogens with zero attached hydrogens (tertiary/aromatic N) is 13. The smallest absolute Gasteiger partial charge is 0.345 e. The molecular weight excluding hydrogens is 2650 g/mol. The Morgan fingerprint density at radius 2 is 0.770 bits per heavy atom. The van der Waals surface area contributed by atoms with Crippen molar-refractivity contribution in [1.82, 2.24) is 69.8 Å². The molecule has 0 aromatic carbocycles. The molecule has 10 aromatic rings. The summed E-state index contributed by atoms with van der Waals surface area (Å²) in [6.07, 6.45) is 20.5. The third-order valence-corrected chi connectivity index (χ3v) is 17.4. The standard InChI is InChI=1S/C21H22N4O3.C18H21N3O4.C16H19N3O3.C10H13NO2.C8H10N2O3.C5H4ClN.14Y/c1-14-23-10-16(13-27-20-5-3-4-8-22-20)21(25-14)28-12-15-9-18(15)19-7-6-17(26-2)11-24-19;1-4-24-18(22)15-9-19-11(2)21-17(15)25-10-12-7-14(12)16-6-5-13(23-3)8-20-16;1-10-17-6-12(8-20)16(19-10)22-9-11-5-14(11)15-4-3-13(21-2)7-18-15;1-13-8-2-3-10(11-5-8)9-4-7(9)6-12;1-3-13-8(12)6-4-9-5(2)10-7(6)11;6-5-3-1-2-4-7-5;;;;;;;;;;;;;;/h3-8,10-11,15,18H,9,12-13H2,1-2H3;5-6,8-9,12,14H,4,7,10H2,1-3H3;3-4,6-7,11,14,20H,5,8-9H2,1-2H3;2-3,5,7,9,12H,4,6H2,1H3;4H,3H2,1-2H3,(H,9,10,11);1-4H;;;;;;;;;;;;;;/t15-,18?;12-,14?;11-,14?;7-,9?;;;;;;;;;;;;;;;;/m1111................/s1. The first-order valence-corrected chi connectivity index (χ1v) is 35.4. The van der Waals surface area contributed by atoms with Gasteiger partial charge in [-0.15, -0.1) is 0 Å². The number of halogens is 1. The molecule has 10 aromatic heterocycles. The quantitative estimate of drug-likeness (QED) is 0.0335. The Balaban J connectivity index is -0.000000335. The number of aryl methyl sites for hydroxylation is 4. The number of ether oxygens (including phenoxy) is 10. The predicted molar refractivity (Wildman–Crippen MR) is 396 cm³/mol. The molecule has 4 aliphatic rings. The van der Waals surface area contributed by atoms with Gasteiger partial charge in [0, 0.05) is 572 Å². The number of carbonyl (C=O) groups is 2. The van der Waals surface area contributed by atoms with Gasteiger partial charge in [-0.25, -0.2) is 39.5 Å². The molecular formula is C78H89ClN14O15Y14. The zero-order valence-electron chi connectivity index (χ0n) is 69.9. The Morgan fingerprint density at radius 1 is 0.410 bits per heavy atom. The Morgan fingerprint density at radius 3 is 1.11 bits per heavy atom. The van der Waals surface area contributed by atoms with Gasteiger partial charge in [0.1, 0.15) is 69.2 Å². The first-order chi connectivity index (χ1) is 52.4. The average Bonchev–Trinajstić information content (AvgIpc) is 1.65. The normalized spacial score (nSPS) is 15.7. The number of aliphatic hydroxyl groups excluding tert-OH is 2. The van der Waals surface area contributed by atoms with Crippen molar-refractivity contribution < 1.29 is 525 Å². The van der Waals surface area contributed by atoms with Gasteiger partial charge in [0.2, 0.25) is 23.5 Å². The van der Waals surface area contributed by atoms with Crippen molar-refractivity contribution in [3.63, 3.8) is 0 Å². The number of aromatic amines is 1. The van der Waals surface area contributed by atoms with Crippen LogP contribution in [0.4, 0.5) is 0 Å². The Kier molecular flexibility index (Phi) is 84.2. The molecule has 14 radical (unpaired) electrons. The van der Waals surface area contributed by atoms with E-state index in [1.165, 1.54) is 12.4 Å². The Labute approximate surface area is 1070 Å². The molecule has 0 amide bonds. The molecule has 0 spiro atoms. The number of carbonyl (C=O) groups excluding carboxylic acids is 2. The van der Waals surface area contributed by atoms with Crippen LogP contribution in [0.1, 0.15) is 141 Å². The summed E-state index contributed by atoms with van der Waals surface area (Å²) in [5.41, 5.74) is 5.38. The fourth-order valence-corrected chi connectivity index (χ4v) is 10.9. The second kappa shape index (κ2) is 75.1. The monoisotopic (exact) mass is 2740 g/mol. The number of aromatic nitrogens is 14. The van der Waals surface area contributed by atoms with Crippen LogP contribution < -0.4 is 43.5 Å². The van der Waals surface area contributed by atoms with Gasteiger partial charge in [0.25, 0.3) is 5.56 Å². The van der Waals surface area contributed by atoms with Crippen molar-refractivity contribution in [2.45, 2.75) is 104 Å². The van der Waals surface area contributed by atoms with Crippen LogP contribution in [-0.2, 0) is 481 Å². The average molecular weight is 2740 g/mol. The van der Waals surface area contributed by atoms with Crippen molar-refractivity contribution in [1.29, 1.82) is 0 Å². The van der Waals surface area contributed by atoms with Gasteiger partial charge in [0.15, 0.2) is 0 Å². The van der Waals surface area contributed by atoms with Crippen molar-refractivity contribution >= 4 is 23.5 Å². The minimum Gasteiger partial charge on any atom is -0.495 e. The number of H-pyrrole nitrogens is 1. The van der Waals surface area contributed by atoms with Gasteiger partial charge in [-0.05, 0) is 140 Å². The molecule has 29 nitrogen and oxygen atoms in total. The Bertz CT molecular complexity index is 4570. The SMILES string of the molecule is CCOC(=O)c1cnc(C)[nH]c1=O.CCOC(=O)c1cnc(C)nc1OC[C@H]1CC1c1ccc(OC)cn1.COc1ccc(C2C[C@@H]2CO)nc1.COc1ccc(C2C[C@@H]2COc2nc(C)ncc2CO)nc1.COc1ccc(C2C[C@@H]2COc2nc(C)ncc2COc2ccccn2)nc1.Clc1ccccn1.[Y].[Y].[Y].[Y].[Y].[Y].[Y].[Y].[Y].[Y].[Y].[Y].[Y].[Y]. The van der Waals surface area contributed by atoms with E-state index < -0.39 is 17.5 Å². The number of pyridine rings is 6. The molecule has 4 saturated carbocycles. The third-order valence-electron chi connectivity index (χ3n) is 17.2. The van der Waals surface area contributed by atoms with Gasteiger partial charge >= 0.3 is 11.9 Å². The van der Waals surface area contributed by atoms with E-state index in [9.17, 15) is 19.5 Å². The van der Waals surface area contributed by atoms with E-state index in [0.717, 1.165) is 77.0 Å². The summed E-state index contributed by atoms with van der Waals surface area (Å²) in [5, 5.41) is 18.7. The molecule has 0 aliphatic heterocycles. The fraction of sp³-hybridized carbons (Fsp3) is 0.385. The summed E-state index contributed by atoms with van der Waals surface area (Å²) in [5.74, 6) is 9.46. The van der Waals surface area contributed by atoms with Gasteiger partial charge in [-0.1, -0.05) is 23.7 Å². The van der Waals surface area contributed by atoms with Gasteiger partial charge in [0.05, 0.1) is 104 Å². The second-order valence-corrected chi connectivity index (χ2v) is 25.5. The molecule has 14 rings (SSSR count). The van der Waals surface area contributed by atoms with E-state index in [2.05, 4.69) is 74.5 Å². The van der Waals surface area contributed by atoms with Crippen LogP contribution in [0.25, 0.3) is 0 Å². The van der Waals surface area contributed by atoms with Crippen molar-refractivity contribution in [2.24, 2.45) is 23.7 Å². The fourth-order valence-electron chi connectivity index (χ4n) is 10.8. The molecule has 122 heavy (non-hydrogen) atoms. The van der Waals surface area contributed by atoms with Crippen molar-refractivity contribution in [3.05, 3.63) is 231 Å². The molecule has 4 aliphatic carbocycles. The van der Waals surface area contributed by atoms with Crippen LogP contribution in [0.3, 0.4) is 0 Å². The van der Waals surface area contributed by atoms with E-state index in [0.29, 0.717) is 132 Å². The van der Waals surface area contributed by atoms with E-state index in [1.807, 2.05) is 85.8 Å². The largest absolute Gasteiger partial charge is 0.495 e. The summed E-state index contributed by atoms with van der Waals surface area (Å²) in [6.45, 7) is 13.1. The number of methoxy groups -OCH3 is 4. The molecule has 8 atom stereocenters. The van der Waals surface area contributed by atoms with Crippen LogP contribution in [0.5, 0.6) is 46.5 Å². The number of nitrogens with one attached hydrogen (secondary N) is 1. The molecule has 0 bridgehead atoms. The van der Waals surface area contributed by atoms with E-state index >= 15 is 0 Å². The van der Waals surface area contributed by atoms with Crippen LogP contribution >= 0.6 is 11.6 Å². The predicted octanol–water partition coefficient (Wildman–Crippen LogP) is 10.9. The maximum absolute atomic E-state index is 12.0. The molecule has 4 fully saturated rings. The summed E-state index contributed by atoms with van der Waals surface area (Å²) in [4.78, 5) is 91.2. The minimum absolute atomic E-state index is 0. The second-order valence-electron chi connectivity index (χ2n) is 25.1. The van der Waals surface area contributed by atoms with Gasteiger partial charge < -0.3 is 62.6 Å². The van der Waals surface area contributed by atoms with Gasteiger partial charge in [-0.2, -0.15) is 15.0 Å². The summed E-state index contributed by atoms with van der Waals surface area (Å²) >= 11 is 5.43. The van der Waals surface area contributed by atoms with Crippen LogP contribution in [0, 0.1) is 51.4 Å². The summed E-state index contributed by atoms with van der Waals surface area (Å²) < 4.78 is 53.4. The zero-order valence-corrected chi connectivity index (χ0v) is 110. The number of rotatable bonds is 26. The van der Waals surface area contributed by atoms with E-state index in [1.54, 1.807) is 119 Å². The number of esters is 2. The van der Waals surface area contributed by atoms with E-state index in [-0.39, 0.29) is 495 Å². The van der Waals surface area contributed by atoms with Gasteiger partial charge in [-0.3, -0.25) is 24.7 Å². The first-order valence-electron chi connectivity index (χ1n) is 35.0. The summed E-state index contributed by atoms with van der Waals surface area (Å²) in [7, 11) is 6.52. The van der Waals surface area contributed by atoms with Crippen LogP contribution in [0.2, 0.25) is 5.15 Å². The van der Waals surface area contributed by atoms with Crippen molar-refractivity contribution in [2.75, 3.05) is 68.1 Å². The van der Waals surface area contributed by atoms with Crippen molar-refractivity contribution in [3.8, 4) is 46.5 Å². The molecule has 4 unspecified atom stereocenters. The number of hydrogen-bond acceptors (Lipinski definition) is 28. The Hall–Kier alpha value is 4.02. The van der Waals surface area contributed by atoms with Crippen LogP contribution in [0.15, 0.2) is 152 Å². The zero-order chi connectivity index (χ0) is 76.9. The molecule has 0 saturated heterocycles. The minimum atomic E-state index is -0.642. The molecule has 10 heterocycles. The molecule has 44 heteroatoms. The third kappa shape index (κ3) is 47.9. The molecule has 610 valence electrons. The maximum Gasteiger partial charge on any atom is 0.345 e. The van der Waals surface area contributed by atoms with Crippen LogP contribution in [-0.4, -0.2) is 160 Å². The van der Waals surface area contributed by atoms with E-state index in [4.69, 9.17) is 59.3 Å². The number of hydrogen-bond donors (Lipinski definition) is 3. The molecule has 3 N–H and O–H groups in total.